The van der Waals surface area contributed by atoms with Gasteiger partial charge in [-0.25, -0.2) is 0 Å². The summed E-state index contributed by atoms with van der Waals surface area (Å²) in [7, 11) is 0. The predicted octanol–water partition coefficient (Wildman–Crippen LogP) is 1.08. The number of ether oxygens (including phenoxy) is 1. The van der Waals surface area contributed by atoms with Crippen molar-refractivity contribution in [1.82, 2.24) is 9.80 Å². The van der Waals surface area contributed by atoms with Crippen LogP contribution >= 0.6 is 0 Å². The van der Waals surface area contributed by atoms with E-state index < -0.39 is 0 Å². The number of benzene rings is 1. The molecule has 1 aromatic rings. The van der Waals surface area contributed by atoms with Crippen LogP contribution in [0.2, 0.25) is 0 Å². The van der Waals surface area contributed by atoms with Crippen molar-refractivity contribution in [2.45, 2.75) is 19.9 Å². The molecule has 0 aliphatic carbocycles. The molecule has 1 fully saturated rings. The number of carbonyl (C=O) groups excluding carboxylic acids is 1. The molecule has 0 aromatic heterocycles. The van der Waals surface area contributed by atoms with Gasteiger partial charge < -0.3 is 15.4 Å². The molecule has 0 saturated carbocycles. The van der Waals surface area contributed by atoms with Crippen molar-refractivity contribution in [2.24, 2.45) is 5.73 Å². The van der Waals surface area contributed by atoms with Crippen molar-refractivity contribution in [3.05, 3.63) is 29.8 Å². The molecule has 1 aliphatic heterocycles. The van der Waals surface area contributed by atoms with Crippen LogP contribution in [0.5, 0.6) is 5.75 Å². The van der Waals surface area contributed by atoms with E-state index in [4.69, 9.17) is 10.5 Å². The smallest absolute Gasteiger partial charge is 0.260 e. The molecule has 5 nitrogen and oxygen atoms in total. The Bertz CT molecular complexity index is 439. The first-order chi connectivity index (χ1) is 10.2. The molecule has 0 unspecified atom stereocenters. The van der Waals surface area contributed by atoms with Gasteiger partial charge in [0.1, 0.15) is 5.75 Å². The Labute approximate surface area is 126 Å². The monoisotopic (exact) mass is 291 g/mol. The van der Waals surface area contributed by atoms with Gasteiger partial charge in [-0.1, -0.05) is 19.1 Å². The van der Waals surface area contributed by atoms with Crippen LogP contribution in [0.15, 0.2) is 24.3 Å². The minimum atomic E-state index is 0.0639. The molecule has 5 heteroatoms. The number of piperazine rings is 1. The van der Waals surface area contributed by atoms with E-state index in [-0.39, 0.29) is 12.5 Å². The van der Waals surface area contributed by atoms with E-state index in [1.165, 1.54) is 0 Å². The molecule has 1 aliphatic rings. The minimum Gasteiger partial charge on any atom is -0.484 e. The average Bonchev–Trinajstić information content (AvgIpc) is 2.54. The number of hydrogen-bond acceptors (Lipinski definition) is 4. The number of rotatable bonds is 6. The summed E-state index contributed by atoms with van der Waals surface area (Å²) < 4.78 is 5.55. The summed E-state index contributed by atoms with van der Waals surface area (Å²) in [5.74, 6) is 0.777. The van der Waals surface area contributed by atoms with Gasteiger partial charge in [0.05, 0.1) is 0 Å². The molecule has 1 amide bonds. The molecule has 0 spiro atoms. The summed E-state index contributed by atoms with van der Waals surface area (Å²) in [6, 6.07) is 7.55. The maximum absolute atomic E-state index is 12.1. The summed E-state index contributed by atoms with van der Waals surface area (Å²) in [4.78, 5) is 16.4. The van der Waals surface area contributed by atoms with Gasteiger partial charge in [0.2, 0.25) is 0 Å². The van der Waals surface area contributed by atoms with Gasteiger partial charge in [0.25, 0.3) is 5.91 Å². The Morgan fingerprint density at radius 2 is 1.86 bits per heavy atom. The topological polar surface area (TPSA) is 58.8 Å². The first-order valence-corrected chi connectivity index (χ1v) is 7.65. The number of amides is 1. The Morgan fingerprint density at radius 3 is 2.43 bits per heavy atom. The highest BCUT2D eigenvalue weighted by Crippen LogP contribution is 2.12. The summed E-state index contributed by atoms with van der Waals surface area (Å²) >= 11 is 0. The van der Waals surface area contributed by atoms with Crippen LogP contribution < -0.4 is 10.5 Å². The average molecular weight is 291 g/mol. The van der Waals surface area contributed by atoms with Gasteiger partial charge in [-0.3, -0.25) is 9.69 Å². The van der Waals surface area contributed by atoms with Crippen molar-refractivity contribution < 1.29 is 9.53 Å². The van der Waals surface area contributed by atoms with Crippen LogP contribution in [0.4, 0.5) is 0 Å². The Morgan fingerprint density at radius 1 is 1.19 bits per heavy atom. The van der Waals surface area contributed by atoms with Gasteiger partial charge in [0.15, 0.2) is 6.61 Å². The molecule has 1 aromatic carbocycles. The lowest BCUT2D eigenvalue weighted by Crippen LogP contribution is -2.50. The van der Waals surface area contributed by atoms with Crippen LogP contribution in [0.3, 0.4) is 0 Å². The minimum absolute atomic E-state index is 0.0639. The van der Waals surface area contributed by atoms with Gasteiger partial charge in [-0.15, -0.1) is 0 Å². The van der Waals surface area contributed by atoms with Gasteiger partial charge >= 0.3 is 0 Å². The van der Waals surface area contributed by atoms with Crippen LogP contribution in [0.25, 0.3) is 0 Å². The zero-order valence-electron chi connectivity index (χ0n) is 12.8. The van der Waals surface area contributed by atoms with Crippen LogP contribution in [-0.2, 0) is 11.3 Å². The van der Waals surface area contributed by atoms with E-state index >= 15 is 0 Å². The van der Waals surface area contributed by atoms with Crippen LogP contribution in [-0.4, -0.2) is 55.0 Å². The lowest BCUT2D eigenvalue weighted by Gasteiger charge is -2.34. The first-order valence-electron chi connectivity index (χ1n) is 7.65. The van der Waals surface area contributed by atoms with Crippen molar-refractivity contribution in [3.8, 4) is 5.75 Å². The highest BCUT2D eigenvalue weighted by molar-refractivity contribution is 5.77. The molecule has 0 atom stereocenters. The van der Waals surface area contributed by atoms with Crippen molar-refractivity contribution in [2.75, 3.05) is 39.3 Å². The zero-order valence-corrected chi connectivity index (χ0v) is 12.8. The molecular weight excluding hydrogens is 266 g/mol. The standard InChI is InChI=1S/C16H25N3O2/c1-2-7-18-8-10-19(11-9-18)16(20)13-21-15-5-3-14(12-17)4-6-15/h3-6H,2,7-13,17H2,1H3. The Kier molecular flexibility index (Phi) is 6.02. The largest absolute Gasteiger partial charge is 0.484 e. The fourth-order valence-electron chi connectivity index (χ4n) is 2.50. The van der Waals surface area contributed by atoms with E-state index in [1.54, 1.807) is 0 Å². The van der Waals surface area contributed by atoms with E-state index in [0.29, 0.717) is 12.3 Å². The maximum atomic E-state index is 12.1. The highest BCUT2D eigenvalue weighted by Gasteiger charge is 2.20. The third-order valence-corrected chi connectivity index (χ3v) is 3.79. The normalized spacial score (nSPS) is 16.0. The number of nitrogens with two attached hydrogens (primary N) is 1. The Balaban J connectivity index is 1.74. The SMILES string of the molecule is CCCN1CCN(C(=O)COc2ccc(CN)cc2)CC1. The van der Waals surface area contributed by atoms with Crippen molar-refractivity contribution >= 4 is 5.91 Å². The molecular formula is C16H25N3O2. The third kappa shape index (κ3) is 4.72. The van der Waals surface area contributed by atoms with Crippen molar-refractivity contribution in [1.29, 1.82) is 0 Å². The van der Waals surface area contributed by atoms with Gasteiger partial charge in [-0.05, 0) is 30.7 Å². The summed E-state index contributed by atoms with van der Waals surface area (Å²) in [6.07, 6.45) is 1.16. The number of carbonyl (C=O) groups is 1. The van der Waals surface area contributed by atoms with Gasteiger partial charge in [0, 0.05) is 32.7 Å². The second-order valence-electron chi connectivity index (χ2n) is 5.36. The summed E-state index contributed by atoms with van der Waals surface area (Å²) in [5, 5.41) is 0. The first kappa shape index (κ1) is 15.8. The Hall–Kier alpha value is -1.59. The lowest BCUT2D eigenvalue weighted by atomic mass is 10.2. The lowest BCUT2D eigenvalue weighted by molar-refractivity contribution is -0.135. The quantitative estimate of drug-likeness (QED) is 0.852. The van der Waals surface area contributed by atoms with Crippen LogP contribution in [0, 0.1) is 0 Å². The van der Waals surface area contributed by atoms with E-state index in [1.807, 2.05) is 29.2 Å². The molecule has 116 valence electrons. The highest BCUT2D eigenvalue weighted by atomic mass is 16.5. The fraction of sp³-hybridized carbons (Fsp3) is 0.562. The van der Waals surface area contributed by atoms with Crippen molar-refractivity contribution in [3.63, 3.8) is 0 Å². The molecule has 2 rings (SSSR count). The summed E-state index contributed by atoms with van der Waals surface area (Å²) in [6.45, 7) is 7.45. The molecule has 0 radical (unpaired) electrons. The van der Waals surface area contributed by atoms with E-state index in [0.717, 1.165) is 44.7 Å². The molecule has 1 saturated heterocycles. The number of nitrogens with zero attached hydrogens (tertiary/aromatic N) is 2. The summed E-state index contributed by atoms with van der Waals surface area (Å²) in [5.41, 5.74) is 6.60. The predicted molar refractivity (Wildman–Crippen MR) is 83.1 cm³/mol. The maximum Gasteiger partial charge on any atom is 0.260 e. The molecule has 2 N–H and O–H groups in total. The second kappa shape index (κ2) is 8.00. The third-order valence-electron chi connectivity index (χ3n) is 3.79. The van der Waals surface area contributed by atoms with Gasteiger partial charge in [-0.2, -0.15) is 0 Å². The molecule has 0 bridgehead atoms. The zero-order chi connectivity index (χ0) is 15.1. The van der Waals surface area contributed by atoms with E-state index in [9.17, 15) is 4.79 Å². The van der Waals surface area contributed by atoms with Crippen LogP contribution in [0.1, 0.15) is 18.9 Å². The fourth-order valence-corrected chi connectivity index (χ4v) is 2.50. The molecule has 21 heavy (non-hydrogen) atoms. The number of hydrogen-bond donors (Lipinski definition) is 1. The molecule has 1 heterocycles. The van der Waals surface area contributed by atoms with E-state index in [2.05, 4.69) is 11.8 Å². The second-order valence-corrected chi connectivity index (χ2v) is 5.36.